The quantitative estimate of drug-likeness (QED) is 0.425. The maximum absolute atomic E-state index is 13.5. The molecule has 1 saturated heterocycles. The van der Waals surface area contributed by atoms with Crippen LogP contribution >= 0.6 is 0 Å². The van der Waals surface area contributed by atoms with E-state index in [0.29, 0.717) is 58.7 Å². The number of rotatable bonds is 10. The van der Waals surface area contributed by atoms with Gasteiger partial charge < -0.3 is 33.1 Å². The Bertz CT molecular complexity index is 1130. The van der Waals surface area contributed by atoms with E-state index in [9.17, 15) is 4.79 Å². The molecule has 2 aromatic carbocycles. The van der Waals surface area contributed by atoms with Crippen LogP contribution in [0, 0.1) is 0 Å². The second kappa shape index (κ2) is 11.1. The van der Waals surface area contributed by atoms with Gasteiger partial charge in [0.15, 0.2) is 17.3 Å². The molecule has 1 atom stereocenters. The van der Waals surface area contributed by atoms with E-state index in [4.69, 9.17) is 28.2 Å². The van der Waals surface area contributed by atoms with Crippen molar-refractivity contribution >= 4 is 5.91 Å². The molecule has 0 spiro atoms. The van der Waals surface area contributed by atoms with Crippen molar-refractivity contribution in [3.05, 3.63) is 53.7 Å². The number of ether oxygens (including phenoxy) is 5. The van der Waals surface area contributed by atoms with Crippen LogP contribution in [0.4, 0.5) is 0 Å². The van der Waals surface area contributed by atoms with Crippen molar-refractivity contribution in [2.75, 3.05) is 41.6 Å². The summed E-state index contributed by atoms with van der Waals surface area (Å²) in [6.07, 6.45) is 1.87. The fourth-order valence-electron chi connectivity index (χ4n) is 4.19. The van der Waals surface area contributed by atoms with Crippen LogP contribution in [0.5, 0.6) is 23.0 Å². The zero-order valence-electron chi connectivity index (χ0n) is 20.4. The Kier molecular flexibility index (Phi) is 7.77. The summed E-state index contributed by atoms with van der Waals surface area (Å²) in [5.74, 6) is 2.38. The lowest BCUT2D eigenvalue weighted by molar-refractivity contribution is 0.0500. The first kappa shape index (κ1) is 24.4. The number of benzene rings is 2. The van der Waals surface area contributed by atoms with Crippen molar-refractivity contribution in [2.45, 2.75) is 25.5 Å². The molecule has 4 rings (SSSR count). The summed E-state index contributed by atoms with van der Waals surface area (Å²) < 4.78 is 33.1. The Labute approximate surface area is 204 Å². The minimum atomic E-state index is -0.157. The summed E-state index contributed by atoms with van der Waals surface area (Å²) in [4.78, 5) is 15.2. The van der Waals surface area contributed by atoms with Gasteiger partial charge >= 0.3 is 0 Å². The average molecular weight is 483 g/mol. The number of hydrogen-bond donors (Lipinski definition) is 0. The molecule has 0 aliphatic carbocycles. The van der Waals surface area contributed by atoms with Crippen molar-refractivity contribution in [3.8, 4) is 34.3 Å². The fourth-order valence-corrected chi connectivity index (χ4v) is 4.19. The lowest BCUT2D eigenvalue weighted by Gasteiger charge is -2.25. The third kappa shape index (κ3) is 5.35. The highest BCUT2D eigenvalue weighted by atomic mass is 16.5. The molecule has 1 aliphatic rings. The lowest BCUT2D eigenvalue weighted by Crippen LogP contribution is -2.37. The van der Waals surface area contributed by atoms with Gasteiger partial charge in [0, 0.05) is 24.8 Å². The summed E-state index contributed by atoms with van der Waals surface area (Å²) in [6, 6.07) is 12.6. The smallest absolute Gasteiger partial charge is 0.258 e. The van der Waals surface area contributed by atoms with E-state index >= 15 is 0 Å². The van der Waals surface area contributed by atoms with Gasteiger partial charge in [-0.15, -0.1) is 0 Å². The molecule has 9 heteroatoms. The minimum absolute atomic E-state index is 0.0184. The standard InChI is InChI=1S/C26H30N2O7/c1-30-21-10-6-5-9-20(21)26(29)28(16-19-8-7-11-34-19)15-18-14-22(35-27-18)17-12-23(31-2)25(33-4)24(13-17)32-3/h5-6,9-10,12-14,19H,7-8,11,15-16H2,1-4H3/t19-/m1/s1. The van der Waals surface area contributed by atoms with Crippen LogP contribution in [-0.4, -0.2) is 63.7 Å². The Morgan fingerprint density at radius 3 is 2.34 bits per heavy atom. The molecule has 9 nitrogen and oxygen atoms in total. The Balaban J connectivity index is 1.61. The van der Waals surface area contributed by atoms with Crippen LogP contribution in [0.25, 0.3) is 11.3 Å². The van der Waals surface area contributed by atoms with Gasteiger partial charge in [-0.25, -0.2) is 0 Å². The topological polar surface area (TPSA) is 92.5 Å². The van der Waals surface area contributed by atoms with Crippen LogP contribution in [0.15, 0.2) is 47.0 Å². The summed E-state index contributed by atoms with van der Waals surface area (Å²) >= 11 is 0. The van der Waals surface area contributed by atoms with E-state index in [-0.39, 0.29) is 18.6 Å². The molecule has 186 valence electrons. The molecule has 0 radical (unpaired) electrons. The van der Waals surface area contributed by atoms with Gasteiger partial charge in [0.25, 0.3) is 5.91 Å². The molecule has 0 N–H and O–H groups in total. The molecule has 35 heavy (non-hydrogen) atoms. The van der Waals surface area contributed by atoms with Crippen LogP contribution in [0.3, 0.4) is 0 Å². The van der Waals surface area contributed by atoms with Crippen molar-refractivity contribution in [1.82, 2.24) is 10.1 Å². The number of carbonyl (C=O) groups excluding carboxylic acids is 1. The van der Waals surface area contributed by atoms with Crippen LogP contribution in [-0.2, 0) is 11.3 Å². The molecule has 1 aliphatic heterocycles. The predicted octanol–water partition coefficient (Wildman–Crippen LogP) is 4.20. The first-order chi connectivity index (χ1) is 17.1. The number of aromatic nitrogens is 1. The maximum atomic E-state index is 13.5. The molecule has 0 unspecified atom stereocenters. The van der Waals surface area contributed by atoms with Gasteiger partial charge in [0.2, 0.25) is 5.75 Å². The zero-order valence-corrected chi connectivity index (χ0v) is 20.4. The monoisotopic (exact) mass is 482 g/mol. The number of nitrogens with zero attached hydrogens (tertiary/aromatic N) is 2. The van der Waals surface area contributed by atoms with Gasteiger partial charge in [-0.2, -0.15) is 0 Å². The molecule has 2 heterocycles. The third-order valence-electron chi connectivity index (χ3n) is 5.93. The number of para-hydroxylation sites is 1. The van der Waals surface area contributed by atoms with Crippen molar-refractivity contribution < 1.29 is 33.0 Å². The second-order valence-electron chi connectivity index (χ2n) is 8.12. The maximum Gasteiger partial charge on any atom is 0.258 e. The highest BCUT2D eigenvalue weighted by molar-refractivity contribution is 5.97. The fraction of sp³-hybridized carbons (Fsp3) is 0.385. The highest BCUT2D eigenvalue weighted by Gasteiger charge is 2.26. The second-order valence-corrected chi connectivity index (χ2v) is 8.12. The zero-order chi connectivity index (χ0) is 24.8. The largest absolute Gasteiger partial charge is 0.496 e. The molecular formula is C26H30N2O7. The van der Waals surface area contributed by atoms with Crippen molar-refractivity contribution in [2.24, 2.45) is 0 Å². The van der Waals surface area contributed by atoms with Crippen LogP contribution < -0.4 is 18.9 Å². The molecular weight excluding hydrogens is 452 g/mol. The van der Waals surface area contributed by atoms with Gasteiger partial charge in [0.05, 0.1) is 46.7 Å². The average Bonchev–Trinajstić information content (AvgIpc) is 3.59. The Morgan fingerprint density at radius 1 is 1.00 bits per heavy atom. The van der Waals surface area contributed by atoms with E-state index in [0.717, 1.165) is 12.8 Å². The van der Waals surface area contributed by atoms with Gasteiger partial charge in [-0.1, -0.05) is 17.3 Å². The third-order valence-corrected chi connectivity index (χ3v) is 5.93. The van der Waals surface area contributed by atoms with Gasteiger partial charge in [-0.05, 0) is 37.1 Å². The first-order valence-electron chi connectivity index (χ1n) is 11.4. The van der Waals surface area contributed by atoms with Gasteiger partial charge in [-0.3, -0.25) is 4.79 Å². The van der Waals surface area contributed by atoms with E-state index in [1.807, 2.05) is 12.1 Å². The molecule has 1 amide bonds. The summed E-state index contributed by atoms with van der Waals surface area (Å²) in [7, 11) is 6.21. The SMILES string of the molecule is COc1ccccc1C(=O)N(Cc1cc(-c2cc(OC)c(OC)c(OC)c2)on1)C[C@H]1CCCO1. The van der Waals surface area contributed by atoms with E-state index < -0.39 is 0 Å². The Hall–Kier alpha value is -3.72. The van der Waals surface area contributed by atoms with E-state index in [1.165, 1.54) is 0 Å². The molecule has 0 saturated carbocycles. The Morgan fingerprint density at radius 2 is 1.71 bits per heavy atom. The summed E-state index contributed by atoms with van der Waals surface area (Å²) in [5, 5.41) is 4.23. The predicted molar refractivity (Wildman–Crippen MR) is 128 cm³/mol. The summed E-state index contributed by atoms with van der Waals surface area (Å²) in [5.41, 5.74) is 1.80. The van der Waals surface area contributed by atoms with E-state index in [1.54, 1.807) is 63.7 Å². The van der Waals surface area contributed by atoms with Crippen LogP contribution in [0.1, 0.15) is 28.9 Å². The molecule has 3 aromatic rings. The summed E-state index contributed by atoms with van der Waals surface area (Å²) in [6.45, 7) is 1.41. The number of methoxy groups -OCH3 is 4. The number of hydrogen-bond acceptors (Lipinski definition) is 8. The minimum Gasteiger partial charge on any atom is -0.496 e. The first-order valence-corrected chi connectivity index (χ1v) is 11.4. The van der Waals surface area contributed by atoms with Gasteiger partial charge in [0.1, 0.15) is 11.4 Å². The number of amides is 1. The normalized spacial score (nSPS) is 15.0. The number of carbonyl (C=O) groups is 1. The highest BCUT2D eigenvalue weighted by Crippen LogP contribution is 2.41. The van der Waals surface area contributed by atoms with Crippen LogP contribution in [0.2, 0.25) is 0 Å². The molecule has 1 aromatic heterocycles. The van der Waals surface area contributed by atoms with Crippen molar-refractivity contribution in [3.63, 3.8) is 0 Å². The van der Waals surface area contributed by atoms with Crippen molar-refractivity contribution in [1.29, 1.82) is 0 Å². The van der Waals surface area contributed by atoms with E-state index in [2.05, 4.69) is 5.16 Å². The molecule has 1 fully saturated rings. The molecule has 0 bridgehead atoms. The lowest BCUT2D eigenvalue weighted by atomic mass is 10.1.